The maximum atomic E-state index is 11.7. The van der Waals surface area contributed by atoms with Gasteiger partial charge in [-0.2, -0.15) is 0 Å². The molecule has 1 rings (SSSR count). The molecule has 0 amide bonds. The number of rotatable bonds is 5. The second-order valence-electron chi connectivity index (χ2n) is 3.31. The fraction of sp³-hybridized carbons (Fsp3) is 0.333. The van der Waals surface area contributed by atoms with Crippen molar-refractivity contribution in [2.45, 2.75) is 18.2 Å². The van der Waals surface area contributed by atoms with Crippen LogP contribution in [0.2, 0.25) is 0 Å². The van der Waals surface area contributed by atoms with Crippen LogP contribution >= 0.6 is 0 Å². The first-order chi connectivity index (χ1) is 7.88. The number of benzene rings is 1. The van der Waals surface area contributed by atoms with E-state index < -0.39 is 26.4 Å². The summed E-state index contributed by atoms with van der Waals surface area (Å²) in [5.41, 5.74) is -0.635. The van der Waals surface area contributed by atoms with E-state index >= 15 is 0 Å². The number of nitrogens with one attached hydrogen (secondary N) is 1. The minimum atomic E-state index is -3.76. The van der Waals surface area contributed by atoms with E-state index in [-0.39, 0.29) is 11.4 Å². The molecule has 94 valence electrons. The van der Waals surface area contributed by atoms with Gasteiger partial charge in [0.1, 0.15) is 0 Å². The molecule has 1 aromatic carbocycles. The molecule has 0 aliphatic carbocycles. The van der Waals surface area contributed by atoms with Crippen LogP contribution in [-0.4, -0.2) is 25.0 Å². The van der Waals surface area contributed by atoms with Crippen LogP contribution in [0.4, 0.5) is 5.69 Å². The Morgan fingerprint density at radius 1 is 1.47 bits per heavy atom. The lowest BCUT2D eigenvalue weighted by Crippen LogP contribution is -2.24. The van der Waals surface area contributed by atoms with Gasteiger partial charge in [-0.25, -0.2) is 13.1 Å². The van der Waals surface area contributed by atoms with Gasteiger partial charge in [0.05, 0.1) is 9.82 Å². The quantitative estimate of drug-likeness (QED) is 0.606. The van der Waals surface area contributed by atoms with Gasteiger partial charge in [0.25, 0.3) is 0 Å². The number of nitrogens with zero attached hydrogens (tertiary/aromatic N) is 1. The maximum Gasteiger partial charge on any atom is 0.312 e. The van der Waals surface area contributed by atoms with Crippen LogP contribution in [0, 0.1) is 10.1 Å². The summed E-state index contributed by atoms with van der Waals surface area (Å²) in [6.45, 7) is 2.04. The van der Waals surface area contributed by atoms with Gasteiger partial charge in [0.2, 0.25) is 10.0 Å². The van der Waals surface area contributed by atoms with Crippen LogP contribution < -0.4 is 4.72 Å². The molecule has 0 aliphatic rings. The van der Waals surface area contributed by atoms with Gasteiger partial charge in [-0.1, -0.05) is 6.92 Å². The summed E-state index contributed by atoms with van der Waals surface area (Å²) in [5, 5.41) is 19.7. The Balaban J connectivity index is 3.16. The molecule has 1 aromatic rings. The van der Waals surface area contributed by atoms with Crippen LogP contribution in [0.1, 0.15) is 13.3 Å². The lowest BCUT2D eigenvalue weighted by atomic mass is 10.3. The molecule has 7 nitrogen and oxygen atoms in total. The molecule has 8 heteroatoms. The summed E-state index contributed by atoms with van der Waals surface area (Å²) in [6.07, 6.45) is 0.611. The molecule has 0 aliphatic heterocycles. The van der Waals surface area contributed by atoms with Crippen molar-refractivity contribution in [2.24, 2.45) is 0 Å². The molecule has 2 N–H and O–H groups in total. The van der Waals surface area contributed by atoms with Crippen molar-refractivity contribution in [3.63, 3.8) is 0 Å². The van der Waals surface area contributed by atoms with Crippen molar-refractivity contribution in [1.29, 1.82) is 0 Å². The van der Waals surface area contributed by atoms with E-state index in [0.29, 0.717) is 6.42 Å². The summed E-state index contributed by atoms with van der Waals surface area (Å²) in [6, 6.07) is 2.92. The highest BCUT2D eigenvalue weighted by molar-refractivity contribution is 7.89. The highest BCUT2D eigenvalue weighted by Gasteiger charge is 2.20. The van der Waals surface area contributed by atoms with Crippen molar-refractivity contribution in [2.75, 3.05) is 6.54 Å². The van der Waals surface area contributed by atoms with Crippen LogP contribution in [0.5, 0.6) is 5.75 Å². The van der Waals surface area contributed by atoms with E-state index in [1.807, 2.05) is 0 Å². The maximum absolute atomic E-state index is 11.7. The number of phenols is 1. The summed E-state index contributed by atoms with van der Waals surface area (Å²) in [5.74, 6) is -0.565. The fourth-order valence-corrected chi connectivity index (χ4v) is 2.29. The van der Waals surface area contributed by atoms with Crippen molar-refractivity contribution < 1.29 is 18.4 Å². The molecule has 0 aromatic heterocycles. The van der Waals surface area contributed by atoms with E-state index in [2.05, 4.69) is 4.72 Å². The molecule has 17 heavy (non-hydrogen) atoms. The molecule has 0 fully saturated rings. The van der Waals surface area contributed by atoms with Gasteiger partial charge < -0.3 is 5.11 Å². The number of hydrogen-bond donors (Lipinski definition) is 2. The zero-order valence-electron chi connectivity index (χ0n) is 9.08. The van der Waals surface area contributed by atoms with Gasteiger partial charge in [-0.15, -0.1) is 0 Å². The second kappa shape index (κ2) is 5.11. The number of nitro groups is 1. The molecule has 0 heterocycles. The van der Waals surface area contributed by atoms with Crippen LogP contribution in [0.25, 0.3) is 0 Å². The summed E-state index contributed by atoms with van der Waals surface area (Å²) < 4.78 is 25.6. The number of hydrogen-bond acceptors (Lipinski definition) is 5. The summed E-state index contributed by atoms with van der Waals surface area (Å²) in [4.78, 5) is 9.47. The Kier molecular flexibility index (Phi) is 4.02. The van der Waals surface area contributed by atoms with Crippen molar-refractivity contribution in [1.82, 2.24) is 4.72 Å². The molecule has 0 saturated carbocycles. The highest BCUT2D eigenvalue weighted by Crippen LogP contribution is 2.27. The third-order valence-corrected chi connectivity index (χ3v) is 3.45. The lowest BCUT2D eigenvalue weighted by Gasteiger charge is -2.05. The van der Waals surface area contributed by atoms with Crippen molar-refractivity contribution in [3.05, 3.63) is 28.3 Å². The van der Waals surface area contributed by atoms with Gasteiger partial charge in [-0.3, -0.25) is 10.1 Å². The molecule has 0 atom stereocenters. The monoisotopic (exact) mass is 260 g/mol. The van der Waals surface area contributed by atoms with E-state index in [0.717, 1.165) is 18.2 Å². The Bertz CT molecular complexity index is 526. The van der Waals surface area contributed by atoms with Gasteiger partial charge in [0, 0.05) is 12.6 Å². The zero-order valence-corrected chi connectivity index (χ0v) is 9.90. The van der Waals surface area contributed by atoms with E-state index in [9.17, 15) is 23.6 Å². The Hall–Kier alpha value is -1.67. The molecule has 0 radical (unpaired) electrons. The fourth-order valence-electron chi connectivity index (χ4n) is 1.14. The Morgan fingerprint density at radius 3 is 2.65 bits per heavy atom. The normalized spacial score (nSPS) is 11.4. The predicted octanol–water partition coefficient (Wildman–Crippen LogP) is 0.989. The molecular formula is C9H12N2O5S. The first kappa shape index (κ1) is 13.4. The molecular weight excluding hydrogens is 248 g/mol. The largest absolute Gasteiger partial charge is 0.502 e. The zero-order chi connectivity index (χ0) is 13.1. The third-order valence-electron chi connectivity index (χ3n) is 2.00. The summed E-state index contributed by atoms with van der Waals surface area (Å²) >= 11 is 0. The average Bonchev–Trinajstić information content (AvgIpc) is 2.26. The minimum Gasteiger partial charge on any atom is -0.502 e. The van der Waals surface area contributed by atoms with Gasteiger partial charge in [-0.05, 0) is 18.6 Å². The number of phenolic OH excluding ortho intramolecular Hbond substituents is 1. The van der Waals surface area contributed by atoms with Gasteiger partial charge >= 0.3 is 5.69 Å². The number of aromatic hydroxyl groups is 1. The third kappa shape index (κ3) is 3.14. The van der Waals surface area contributed by atoms with Crippen LogP contribution in [0.15, 0.2) is 23.1 Å². The Labute approximate surface area is 98.3 Å². The predicted molar refractivity (Wildman–Crippen MR) is 60.2 cm³/mol. The molecule has 0 spiro atoms. The first-order valence-corrected chi connectivity index (χ1v) is 6.34. The van der Waals surface area contributed by atoms with E-state index in [4.69, 9.17) is 0 Å². The smallest absolute Gasteiger partial charge is 0.312 e. The van der Waals surface area contributed by atoms with E-state index in [1.165, 1.54) is 0 Å². The average molecular weight is 260 g/mol. The highest BCUT2D eigenvalue weighted by atomic mass is 32.2. The minimum absolute atomic E-state index is 0.240. The van der Waals surface area contributed by atoms with Gasteiger partial charge in [0.15, 0.2) is 5.75 Å². The second-order valence-corrected chi connectivity index (χ2v) is 5.07. The van der Waals surface area contributed by atoms with E-state index in [1.54, 1.807) is 6.92 Å². The Morgan fingerprint density at radius 2 is 2.12 bits per heavy atom. The topological polar surface area (TPSA) is 110 Å². The molecule has 0 bridgehead atoms. The lowest BCUT2D eigenvalue weighted by molar-refractivity contribution is -0.386. The van der Waals surface area contributed by atoms with Crippen LogP contribution in [-0.2, 0) is 10.0 Å². The van der Waals surface area contributed by atoms with Crippen molar-refractivity contribution >= 4 is 15.7 Å². The van der Waals surface area contributed by atoms with Crippen molar-refractivity contribution in [3.8, 4) is 5.75 Å². The SMILES string of the molecule is CCCNS(=O)(=O)c1ccc(O)c([N+](=O)[O-])c1. The molecule has 0 unspecified atom stereocenters. The number of nitro benzene ring substituents is 1. The van der Waals surface area contributed by atoms with Crippen LogP contribution in [0.3, 0.4) is 0 Å². The standard InChI is InChI=1S/C9H12N2O5S/c1-2-5-10-17(15,16)7-3-4-9(12)8(6-7)11(13)14/h3-4,6,10,12H,2,5H2,1H3. The summed E-state index contributed by atoms with van der Waals surface area (Å²) in [7, 11) is -3.76. The first-order valence-electron chi connectivity index (χ1n) is 4.85. The number of sulfonamides is 1. The molecule has 0 saturated heterocycles.